The summed E-state index contributed by atoms with van der Waals surface area (Å²) in [6, 6.07) is 8.97. The van der Waals surface area contributed by atoms with E-state index in [1.165, 1.54) is 0 Å². The van der Waals surface area contributed by atoms with Gasteiger partial charge in [-0.15, -0.1) is 12.6 Å². The van der Waals surface area contributed by atoms with E-state index in [1.807, 2.05) is 20.8 Å². The maximum absolute atomic E-state index is 12.2. The Morgan fingerprint density at radius 1 is 1.12 bits per heavy atom. The molecular formula is C16H26N4O3S. The lowest BCUT2D eigenvalue weighted by Gasteiger charge is -2.24. The number of hydrogen-bond acceptors (Lipinski definition) is 5. The third kappa shape index (κ3) is 5.82. The fraction of sp³-hybridized carbons (Fsp3) is 0.250. The van der Waals surface area contributed by atoms with Gasteiger partial charge in [0.1, 0.15) is 0 Å². The summed E-state index contributed by atoms with van der Waals surface area (Å²) in [5.41, 5.74) is 1.41. The number of pyridine rings is 1. The average Bonchev–Trinajstić information content (AvgIpc) is 2.37. The standard InChI is InChI=1S/C16H19N3OS.H3N.2H2O/c1-16(2,3)19-12-8-9-18-15(20)13(12)14(17)10-4-6-11(21)7-5-10;;;/h4-9,17,21H,1-3H3,(H2,18,19,20);1H3;2*1H2. The number of H-pyrrole nitrogens is 1. The number of rotatable bonds is 3. The van der Waals surface area contributed by atoms with Gasteiger partial charge in [0.2, 0.25) is 0 Å². The fourth-order valence-electron chi connectivity index (χ4n) is 2.01. The van der Waals surface area contributed by atoms with Crippen molar-refractivity contribution in [1.29, 1.82) is 5.41 Å². The lowest BCUT2D eigenvalue weighted by Crippen LogP contribution is -2.30. The lowest BCUT2D eigenvalue weighted by atomic mass is 10.0. The summed E-state index contributed by atoms with van der Waals surface area (Å²) in [6.07, 6.45) is 1.59. The maximum Gasteiger partial charge on any atom is 0.259 e. The first-order valence-corrected chi connectivity index (χ1v) is 7.11. The Kier molecular flexibility index (Phi) is 9.28. The Labute approximate surface area is 146 Å². The number of benzene rings is 1. The first-order chi connectivity index (χ1) is 9.78. The highest BCUT2D eigenvalue weighted by molar-refractivity contribution is 7.80. The first-order valence-electron chi connectivity index (χ1n) is 6.66. The number of thiol groups is 1. The quantitative estimate of drug-likeness (QED) is 0.419. The van der Waals surface area contributed by atoms with Crippen molar-refractivity contribution >= 4 is 24.0 Å². The molecule has 0 fully saturated rings. The molecule has 0 saturated heterocycles. The molecule has 24 heavy (non-hydrogen) atoms. The lowest BCUT2D eigenvalue weighted by molar-refractivity contribution is 0.633. The highest BCUT2D eigenvalue weighted by atomic mass is 32.1. The molecule has 10 N–H and O–H groups in total. The predicted molar refractivity (Wildman–Crippen MR) is 102 cm³/mol. The predicted octanol–water partition coefficient (Wildman–Crippen LogP) is 1.80. The van der Waals surface area contributed by atoms with Crippen molar-refractivity contribution in [2.45, 2.75) is 31.2 Å². The van der Waals surface area contributed by atoms with Crippen LogP contribution in [0, 0.1) is 5.41 Å². The third-order valence-corrected chi connectivity index (χ3v) is 3.17. The zero-order valence-corrected chi connectivity index (χ0v) is 14.9. The second-order valence-electron chi connectivity index (χ2n) is 5.89. The maximum atomic E-state index is 12.2. The first kappa shape index (κ1) is 24.1. The van der Waals surface area contributed by atoms with Crippen LogP contribution in [0.2, 0.25) is 0 Å². The summed E-state index contributed by atoms with van der Waals surface area (Å²) in [5, 5.41) is 11.6. The van der Waals surface area contributed by atoms with Gasteiger partial charge in [-0.1, -0.05) is 12.1 Å². The van der Waals surface area contributed by atoms with Crippen LogP contribution in [0.1, 0.15) is 31.9 Å². The van der Waals surface area contributed by atoms with Crippen LogP contribution in [0.15, 0.2) is 46.2 Å². The number of anilines is 1. The normalized spacial score (nSPS) is 9.83. The fourth-order valence-corrected chi connectivity index (χ4v) is 2.16. The molecule has 0 bridgehead atoms. The van der Waals surface area contributed by atoms with E-state index in [1.54, 1.807) is 36.5 Å². The Balaban J connectivity index is 0. The second-order valence-corrected chi connectivity index (χ2v) is 6.41. The molecule has 2 aromatic rings. The molecule has 7 nitrogen and oxygen atoms in total. The van der Waals surface area contributed by atoms with E-state index in [4.69, 9.17) is 5.41 Å². The molecule has 134 valence electrons. The average molecular weight is 354 g/mol. The van der Waals surface area contributed by atoms with Gasteiger partial charge in [0, 0.05) is 22.2 Å². The van der Waals surface area contributed by atoms with Gasteiger partial charge in [0.05, 0.1) is 17.0 Å². The second kappa shape index (κ2) is 9.24. The summed E-state index contributed by atoms with van der Waals surface area (Å²) < 4.78 is 0. The third-order valence-electron chi connectivity index (χ3n) is 2.88. The van der Waals surface area contributed by atoms with Crippen LogP contribution in [0.3, 0.4) is 0 Å². The van der Waals surface area contributed by atoms with Crippen molar-refractivity contribution in [1.82, 2.24) is 11.1 Å². The summed E-state index contributed by atoms with van der Waals surface area (Å²) in [6.45, 7) is 6.03. The molecule has 0 aliphatic rings. The van der Waals surface area contributed by atoms with Gasteiger partial charge < -0.3 is 27.4 Å². The van der Waals surface area contributed by atoms with Crippen molar-refractivity contribution in [2.24, 2.45) is 0 Å². The molecule has 0 atom stereocenters. The molecule has 0 amide bonds. The van der Waals surface area contributed by atoms with Crippen LogP contribution < -0.4 is 17.0 Å². The molecule has 0 unspecified atom stereocenters. The number of hydrogen-bond donors (Lipinski definition) is 5. The van der Waals surface area contributed by atoms with Crippen molar-refractivity contribution in [3.05, 3.63) is 58.0 Å². The van der Waals surface area contributed by atoms with Crippen molar-refractivity contribution in [3.8, 4) is 0 Å². The molecule has 2 rings (SSSR count). The van der Waals surface area contributed by atoms with Crippen LogP contribution in [0.25, 0.3) is 0 Å². The molecule has 0 aliphatic carbocycles. The smallest absolute Gasteiger partial charge is 0.259 e. The molecule has 0 saturated carbocycles. The number of aromatic nitrogens is 1. The van der Waals surface area contributed by atoms with E-state index in [-0.39, 0.29) is 33.9 Å². The molecule has 8 heteroatoms. The van der Waals surface area contributed by atoms with Crippen LogP contribution >= 0.6 is 12.6 Å². The summed E-state index contributed by atoms with van der Waals surface area (Å²) in [4.78, 5) is 15.6. The van der Waals surface area contributed by atoms with E-state index in [9.17, 15) is 4.79 Å². The monoisotopic (exact) mass is 354 g/mol. The van der Waals surface area contributed by atoms with Gasteiger partial charge in [-0.2, -0.15) is 0 Å². The van der Waals surface area contributed by atoms with E-state index in [0.717, 1.165) is 4.90 Å². The summed E-state index contributed by atoms with van der Waals surface area (Å²) in [7, 11) is 0. The van der Waals surface area contributed by atoms with Crippen LogP contribution in [0.4, 0.5) is 5.69 Å². The molecule has 1 aromatic carbocycles. The van der Waals surface area contributed by atoms with E-state index in [2.05, 4.69) is 22.9 Å². The highest BCUT2D eigenvalue weighted by Gasteiger charge is 2.18. The Bertz CT molecular complexity index is 721. The van der Waals surface area contributed by atoms with Crippen LogP contribution in [0.5, 0.6) is 0 Å². The zero-order valence-electron chi connectivity index (χ0n) is 14.0. The van der Waals surface area contributed by atoms with Gasteiger partial charge in [0.25, 0.3) is 5.56 Å². The summed E-state index contributed by atoms with van der Waals surface area (Å²) >= 11 is 4.23. The summed E-state index contributed by atoms with van der Waals surface area (Å²) in [5.74, 6) is 0. The Morgan fingerprint density at radius 3 is 2.17 bits per heavy atom. The van der Waals surface area contributed by atoms with Gasteiger partial charge in [0.15, 0.2) is 0 Å². The minimum absolute atomic E-state index is 0. The highest BCUT2D eigenvalue weighted by Crippen LogP contribution is 2.20. The zero-order chi connectivity index (χ0) is 15.6. The van der Waals surface area contributed by atoms with Crippen molar-refractivity contribution in [3.63, 3.8) is 0 Å². The molecule has 0 spiro atoms. The topological polar surface area (TPSA) is 167 Å². The van der Waals surface area contributed by atoms with Gasteiger partial charge in [-0.05, 0) is 39.0 Å². The van der Waals surface area contributed by atoms with E-state index < -0.39 is 0 Å². The minimum atomic E-state index is -0.274. The molecule has 1 aromatic heterocycles. The SMILES string of the molecule is CC(C)(C)Nc1cc[nH]c(=O)c1C(=N)c1ccc(S)cc1.N.O.O. The van der Waals surface area contributed by atoms with Crippen molar-refractivity contribution in [2.75, 3.05) is 5.32 Å². The largest absolute Gasteiger partial charge is 0.412 e. The number of nitrogens with one attached hydrogen (secondary N) is 3. The van der Waals surface area contributed by atoms with Crippen LogP contribution in [-0.4, -0.2) is 27.2 Å². The Morgan fingerprint density at radius 2 is 1.67 bits per heavy atom. The molecule has 0 radical (unpaired) electrons. The van der Waals surface area contributed by atoms with E-state index in [0.29, 0.717) is 16.8 Å². The molecular weight excluding hydrogens is 328 g/mol. The molecule has 1 heterocycles. The molecule has 0 aliphatic heterocycles. The number of aromatic amines is 1. The van der Waals surface area contributed by atoms with Crippen LogP contribution in [-0.2, 0) is 0 Å². The van der Waals surface area contributed by atoms with Crippen molar-refractivity contribution < 1.29 is 11.0 Å². The Hall–Kier alpha value is -2.13. The van der Waals surface area contributed by atoms with Gasteiger partial charge in [-0.25, -0.2) is 0 Å². The van der Waals surface area contributed by atoms with Gasteiger partial charge >= 0.3 is 0 Å². The van der Waals surface area contributed by atoms with E-state index >= 15 is 0 Å². The van der Waals surface area contributed by atoms with Gasteiger partial charge in [-0.3, -0.25) is 10.2 Å². The minimum Gasteiger partial charge on any atom is -0.412 e.